The van der Waals surface area contributed by atoms with Crippen molar-refractivity contribution in [3.05, 3.63) is 34.9 Å². The first-order valence-corrected chi connectivity index (χ1v) is 5.86. The highest BCUT2D eigenvalue weighted by molar-refractivity contribution is 6.30. The van der Waals surface area contributed by atoms with Crippen molar-refractivity contribution in [2.75, 3.05) is 6.54 Å². The number of nitrogens with zero attached hydrogens (tertiary/aromatic N) is 1. The quantitative estimate of drug-likeness (QED) is 0.784. The molecular weight excluding hydrogens is 234 g/mol. The Kier molecular flexibility index (Phi) is 3.55. The minimum atomic E-state index is -0.191. The number of halogens is 1. The van der Waals surface area contributed by atoms with Gasteiger partial charge in [0, 0.05) is 11.1 Å². The summed E-state index contributed by atoms with van der Waals surface area (Å²) in [5.74, 6) is 3.46. The molecule has 4 heteroatoms. The molecule has 0 amide bonds. The van der Waals surface area contributed by atoms with Gasteiger partial charge < -0.3 is 10.6 Å². The maximum atomic E-state index is 5.84. The second kappa shape index (κ2) is 5.11. The van der Waals surface area contributed by atoms with Gasteiger partial charge in [0.05, 0.1) is 6.54 Å². The van der Waals surface area contributed by atoms with Crippen LogP contribution in [0.25, 0.3) is 0 Å². The summed E-state index contributed by atoms with van der Waals surface area (Å²) in [6.45, 7) is 2.85. The Balaban J connectivity index is 2.07. The number of nitrogens with one attached hydrogen (secondary N) is 2. The Hall–Kier alpha value is -1.66. The number of benzene rings is 1. The van der Waals surface area contributed by atoms with Crippen molar-refractivity contribution in [2.24, 2.45) is 4.99 Å². The van der Waals surface area contributed by atoms with Crippen molar-refractivity contribution in [1.29, 1.82) is 0 Å². The third kappa shape index (κ3) is 2.92. The molecule has 0 saturated carbocycles. The highest BCUT2D eigenvalue weighted by Crippen LogP contribution is 2.16. The maximum Gasteiger partial charge on any atom is 0.192 e. The molecule has 1 aliphatic heterocycles. The minimum Gasteiger partial charge on any atom is -0.352 e. The Bertz CT molecular complexity index is 459. The zero-order chi connectivity index (χ0) is 12.3. The van der Waals surface area contributed by atoms with Crippen LogP contribution >= 0.6 is 11.6 Å². The van der Waals surface area contributed by atoms with Crippen molar-refractivity contribution in [2.45, 2.75) is 19.0 Å². The van der Waals surface area contributed by atoms with E-state index in [9.17, 15) is 0 Å². The molecule has 0 bridgehead atoms. The van der Waals surface area contributed by atoms with Crippen LogP contribution in [-0.2, 0) is 0 Å². The molecule has 88 valence electrons. The summed E-state index contributed by atoms with van der Waals surface area (Å²) in [4.78, 5) is 4.32. The zero-order valence-corrected chi connectivity index (χ0v) is 10.3. The standard InChI is InChI=1S/C13H14ClN3/c1-3-12(10-4-6-11(14)7-5-10)17-13-15-8-9(2)16-13/h1,4-7,9,12H,8H2,2H3,(H2,15,16,17). The number of aliphatic imine (C=N–C) groups is 1. The highest BCUT2D eigenvalue weighted by atomic mass is 35.5. The summed E-state index contributed by atoms with van der Waals surface area (Å²) >= 11 is 5.84. The van der Waals surface area contributed by atoms with Crippen LogP contribution in [0.15, 0.2) is 29.3 Å². The lowest BCUT2D eigenvalue weighted by molar-refractivity contribution is 0.704. The van der Waals surface area contributed by atoms with Crippen molar-refractivity contribution in [3.63, 3.8) is 0 Å². The molecule has 1 aromatic rings. The summed E-state index contributed by atoms with van der Waals surface area (Å²) in [6, 6.07) is 7.66. The summed E-state index contributed by atoms with van der Waals surface area (Å²) < 4.78 is 0. The van der Waals surface area contributed by atoms with Gasteiger partial charge in [0.2, 0.25) is 0 Å². The number of guanidine groups is 1. The van der Waals surface area contributed by atoms with E-state index in [2.05, 4.69) is 28.5 Å². The summed E-state index contributed by atoms with van der Waals surface area (Å²) in [7, 11) is 0. The van der Waals surface area contributed by atoms with Crippen molar-refractivity contribution in [3.8, 4) is 12.3 Å². The SMILES string of the molecule is C#CC(NC1=NCC(C)N1)c1ccc(Cl)cc1. The van der Waals surface area contributed by atoms with Crippen LogP contribution in [-0.4, -0.2) is 18.5 Å². The fourth-order valence-electron chi connectivity index (χ4n) is 1.65. The topological polar surface area (TPSA) is 36.4 Å². The van der Waals surface area contributed by atoms with Crippen molar-refractivity contribution in [1.82, 2.24) is 10.6 Å². The molecule has 2 N–H and O–H groups in total. The predicted octanol–water partition coefficient (Wildman–Crippen LogP) is 1.95. The molecule has 1 heterocycles. The van der Waals surface area contributed by atoms with Gasteiger partial charge in [-0.25, -0.2) is 0 Å². The van der Waals surface area contributed by atoms with Crippen molar-refractivity contribution < 1.29 is 0 Å². The maximum absolute atomic E-state index is 5.84. The monoisotopic (exact) mass is 247 g/mol. The minimum absolute atomic E-state index is 0.191. The molecule has 2 unspecified atom stereocenters. The molecule has 0 aromatic heterocycles. The van der Waals surface area contributed by atoms with Gasteiger partial charge in [0.25, 0.3) is 0 Å². The lowest BCUT2D eigenvalue weighted by Crippen LogP contribution is -2.39. The van der Waals surface area contributed by atoms with Gasteiger partial charge in [-0.1, -0.05) is 29.7 Å². The van der Waals surface area contributed by atoms with Crippen LogP contribution in [0.1, 0.15) is 18.5 Å². The molecule has 0 saturated heterocycles. The van der Waals surface area contributed by atoms with E-state index in [0.29, 0.717) is 11.1 Å². The van der Waals surface area contributed by atoms with Crippen LogP contribution in [0, 0.1) is 12.3 Å². The predicted molar refractivity (Wildman–Crippen MR) is 71.1 cm³/mol. The van der Waals surface area contributed by atoms with Gasteiger partial charge in [-0.3, -0.25) is 4.99 Å². The second-order valence-corrected chi connectivity index (χ2v) is 4.47. The lowest BCUT2D eigenvalue weighted by Gasteiger charge is -2.15. The molecule has 0 fully saturated rings. The summed E-state index contributed by atoms with van der Waals surface area (Å²) in [5, 5.41) is 7.11. The molecule has 0 radical (unpaired) electrons. The van der Waals surface area contributed by atoms with E-state index < -0.39 is 0 Å². The van der Waals surface area contributed by atoms with Crippen LogP contribution in [0.5, 0.6) is 0 Å². The van der Waals surface area contributed by atoms with Gasteiger partial charge in [-0.2, -0.15) is 0 Å². The van der Waals surface area contributed by atoms with Crippen LogP contribution in [0.3, 0.4) is 0 Å². The van der Waals surface area contributed by atoms with E-state index in [1.54, 1.807) is 0 Å². The van der Waals surface area contributed by atoms with Crippen LogP contribution < -0.4 is 10.6 Å². The molecule has 2 rings (SSSR count). The van der Waals surface area contributed by atoms with E-state index in [4.69, 9.17) is 18.0 Å². The molecular formula is C13H14ClN3. The first kappa shape index (κ1) is 11.8. The van der Waals surface area contributed by atoms with E-state index in [1.807, 2.05) is 24.3 Å². The number of terminal acetylenes is 1. The van der Waals surface area contributed by atoms with Crippen LogP contribution in [0.2, 0.25) is 5.02 Å². The first-order chi connectivity index (χ1) is 8.19. The Labute approximate surface area is 106 Å². The second-order valence-electron chi connectivity index (χ2n) is 4.03. The molecule has 1 aromatic carbocycles. The van der Waals surface area contributed by atoms with E-state index in [1.165, 1.54) is 0 Å². The molecule has 2 atom stereocenters. The van der Waals surface area contributed by atoms with Crippen molar-refractivity contribution >= 4 is 17.6 Å². The first-order valence-electron chi connectivity index (χ1n) is 5.48. The van der Waals surface area contributed by atoms with Gasteiger partial charge >= 0.3 is 0 Å². The number of hydrogen-bond acceptors (Lipinski definition) is 3. The Morgan fingerprint density at radius 1 is 1.53 bits per heavy atom. The molecule has 3 nitrogen and oxygen atoms in total. The molecule has 17 heavy (non-hydrogen) atoms. The Morgan fingerprint density at radius 3 is 2.76 bits per heavy atom. The summed E-state index contributed by atoms with van der Waals surface area (Å²) in [6.07, 6.45) is 5.53. The van der Waals surface area contributed by atoms with E-state index >= 15 is 0 Å². The lowest BCUT2D eigenvalue weighted by atomic mass is 10.1. The van der Waals surface area contributed by atoms with E-state index in [-0.39, 0.29) is 6.04 Å². The zero-order valence-electron chi connectivity index (χ0n) is 9.57. The van der Waals surface area contributed by atoms with Gasteiger partial charge in [-0.05, 0) is 24.6 Å². The number of hydrogen-bond donors (Lipinski definition) is 2. The van der Waals surface area contributed by atoms with Gasteiger partial charge in [0.15, 0.2) is 5.96 Å². The van der Waals surface area contributed by atoms with E-state index in [0.717, 1.165) is 18.1 Å². The largest absolute Gasteiger partial charge is 0.352 e. The fraction of sp³-hybridized carbons (Fsp3) is 0.308. The third-order valence-corrected chi connectivity index (χ3v) is 2.81. The third-order valence-electron chi connectivity index (χ3n) is 2.56. The van der Waals surface area contributed by atoms with Gasteiger partial charge in [0.1, 0.15) is 6.04 Å². The average Bonchev–Trinajstić information content (AvgIpc) is 2.73. The fourth-order valence-corrected chi connectivity index (χ4v) is 1.78. The molecule has 0 aliphatic carbocycles. The van der Waals surface area contributed by atoms with Crippen LogP contribution in [0.4, 0.5) is 0 Å². The Morgan fingerprint density at radius 2 is 2.24 bits per heavy atom. The normalized spacial score (nSPS) is 20.1. The smallest absolute Gasteiger partial charge is 0.192 e. The molecule has 1 aliphatic rings. The number of rotatable bonds is 2. The average molecular weight is 248 g/mol. The summed E-state index contributed by atoms with van der Waals surface area (Å²) in [5.41, 5.74) is 1.00. The van der Waals surface area contributed by atoms with Gasteiger partial charge in [-0.15, -0.1) is 6.42 Å². The molecule has 0 spiro atoms. The highest BCUT2D eigenvalue weighted by Gasteiger charge is 2.16.